The molecule has 1 atom stereocenters. The van der Waals surface area contributed by atoms with E-state index >= 15 is 0 Å². The predicted octanol–water partition coefficient (Wildman–Crippen LogP) is 2.33. The second-order valence-electron chi connectivity index (χ2n) is 3.60. The highest BCUT2D eigenvalue weighted by atomic mass is 19.1. The lowest BCUT2D eigenvalue weighted by Crippen LogP contribution is -2.17. The van der Waals surface area contributed by atoms with Crippen LogP contribution in [0.25, 0.3) is 0 Å². The molecule has 78 valence electrons. The van der Waals surface area contributed by atoms with Crippen molar-refractivity contribution in [3.63, 3.8) is 0 Å². The van der Waals surface area contributed by atoms with Crippen LogP contribution in [0, 0.1) is 17.6 Å². The van der Waals surface area contributed by atoms with E-state index in [-0.39, 0.29) is 11.5 Å². The largest absolute Gasteiger partial charge is 0.505 e. The molecule has 1 rings (SSSR count). The second kappa shape index (κ2) is 3.92. The average Bonchev–Trinajstić information content (AvgIpc) is 2.09. The SMILES string of the molecule is CC(C)[C@@H](N)c1cc(F)cc(F)c1O. The zero-order valence-electron chi connectivity index (χ0n) is 8.09. The molecule has 0 heterocycles. The number of phenolic OH excluding ortho intramolecular Hbond substituents is 1. The third kappa shape index (κ3) is 2.01. The highest BCUT2D eigenvalue weighted by molar-refractivity contribution is 5.36. The highest BCUT2D eigenvalue weighted by Gasteiger charge is 2.18. The summed E-state index contributed by atoms with van der Waals surface area (Å²) in [5.74, 6) is -2.27. The van der Waals surface area contributed by atoms with Crippen molar-refractivity contribution in [3.8, 4) is 5.75 Å². The van der Waals surface area contributed by atoms with Gasteiger partial charge in [0.05, 0.1) is 0 Å². The maximum absolute atomic E-state index is 12.9. The number of hydrogen-bond donors (Lipinski definition) is 2. The first-order valence-electron chi connectivity index (χ1n) is 4.37. The van der Waals surface area contributed by atoms with Crippen LogP contribution in [-0.2, 0) is 0 Å². The van der Waals surface area contributed by atoms with E-state index in [1.165, 1.54) is 0 Å². The molecule has 0 saturated heterocycles. The summed E-state index contributed by atoms with van der Waals surface area (Å²) in [5.41, 5.74) is 5.79. The van der Waals surface area contributed by atoms with Crippen molar-refractivity contribution in [3.05, 3.63) is 29.3 Å². The molecule has 1 aromatic rings. The first kappa shape index (κ1) is 10.9. The van der Waals surface area contributed by atoms with Crippen LogP contribution < -0.4 is 5.73 Å². The monoisotopic (exact) mass is 201 g/mol. The van der Waals surface area contributed by atoms with Gasteiger partial charge in [0.1, 0.15) is 5.82 Å². The summed E-state index contributed by atoms with van der Waals surface area (Å²) in [6, 6.07) is 1.12. The van der Waals surface area contributed by atoms with Crippen molar-refractivity contribution < 1.29 is 13.9 Å². The summed E-state index contributed by atoms with van der Waals surface area (Å²) in [6.07, 6.45) is 0. The van der Waals surface area contributed by atoms with Crippen LogP contribution in [0.3, 0.4) is 0 Å². The third-order valence-corrected chi connectivity index (χ3v) is 2.14. The molecule has 0 unspecified atom stereocenters. The molecule has 2 nitrogen and oxygen atoms in total. The van der Waals surface area contributed by atoms with E-state index < -0.39 is 23.4 Å². The van der Waals surface area contributed by atoms with Gasteiger partial charge in [-0.15, -0.1) is 0 Å². The van der Waals surface area contributed by atoms with Crippen LogP contribution in [0.5, 0.6) is 5.75 Å². The van der Waals surface area contributed by atoms with E-state index in [1.807, 2.05) is 13.8 Å². The van der Waals surface area contributed by atoms with Crippen LogP contribution in [0.1, 0.15) is 25.5 Å². The molecule has 0 aliphatic carbocycles. The molecule has 0 bridgehead atoms. The van der Waals surface area contributed by atoms with Gasteiger partial charge in [0, 0.05) is 17.7 Å². The van der Waals surface area contributed by atoms with E-state index in [4.69, 9.17) is 5.73 Å². The smallest absolute Gasteiger partial charge is 0.168 e. The maximum Gasteiger partial charge on any atom is 0.168 e. The van der Waals surface area contributed by atoms with Gasteiger partial charge in [0.2, 0.25) is 0 Å². The number of benzene rings is 1. The summed E-state index contributed by atoms with van der Waals surface area (Å²) >= 11 is 0. The molecule has 0 radical (unpaired) electrons. The fourth-order valence-electron chi connectivity index (χ4n) is 1.20. The van der Waals surface area contributed by atoms with E-state index in [0.29, 0.717) is 6.07 Å². The van der Waals surface area contributed by atoms with Crippen molar-refractivity contribution in [1.82, 2.24) is 0 Å². The van der Waals surface area contributed by atoms with Gasteiger partial charge in [-0.25, -0.2) is 8.78 Å². The van der Waals surface area contributed by atoms with Crippen LogP contribution in [-0.4, -0.2) is 5.11 Å². The number of rotatable bonds is 2. The molecule has 0 spiro atoms. The minimum absolute atomic E-state index is 0.00194. The van der Waals surface area contributed by atoms with Crippen LogP contribution in [0.4, 0.5) is 8.78 Å². The van der Waals surface area contributed by atoms with Crippen molar-refractivity contribution >= 4 is 0 Å². The van der Waals surface area contributed by atoms with Gasteiger partial charge in [0.15, 0.2) is 11.6 Å². The van der Waals surface area contributed by atoms with Gasteiger partial charge in [-0.1, -0.05) is 13.8 Å². The molecular formula is C10H13F2NO. The zero-order chi connectivity index (χ0) is 10.9. The lowest BCUT2D eigenvalue weighted by molar-refractivity contribution is 0.402. The van der Waals surface area contributed by atoms with Crippen molar-refractivity contribution in [2.24, 2.45) is 11.7 Å². The number of aromatic hydroxyl groups is 1. The molecule has 0 amide bonds. The van der Waals surface area contributed by atoms with E-state index in [0.717, 1.165) is 6.07 Å². The van der Waals surface area contributed by atoms with Gasteiger partial charge in [-0.05, 0) is 12.0 Å². The summed E-state index contributed by atoms with van der Waals surface area (Å²) in [5, 5.41) is 9.32. The molecule has 14 heavy (non-hydrogen) atoms. The Kier molecular flexibility index (Phi) is 3.06. The normalized spacial score (nSPS) is 13.3. The van der Waals surface area contributed by atoms with Gasteiger partial charge in [-0.3, -0.25) is 0 Å². The van der Waals surface area contributed by atoms with Gasteiger partial charge in [-0.2, -0.15) is 0 Å². The first-order valence-corrected chi connectivity index (χ1v) is 4.37. The molecular weight excluding hydrogens is 188 g/mol. The number of halogens is 2. The number of hydrogen-bond acceptors (Lipinski definition) is 2. The molecule has 0 aromatic heterocycles. The molecule has 4 heteroatoms. The highest BCUT2D eigenvalue weighted by Crippen LogP contribution is 2.30. The molecule has 0 aliphatic rings. The first-order chi connectivity index (χ1) is 6.43. The average molecular weight is 201 g/mol. The van der Waals surface area contributed by atoms with E-state index in [2.05, 4.69) is 0 Å². The minimum Gasteiger partial charge on any atom is -0.505 e. The molecule has 0 fully saturated rings. The van der Waals surface area contributed by atoms with Crippen molar-refractivity contribution in [2.45, 2.75) is 19.9 Å². The molecule has 0 aliphatic heterocycles. The Bertz CT molecular complexity index is 339. The Morgan fingerprint density at radius 1 is 1.29 bits per heavy atom. The predicted molar refractivity (Wildman–Crippen MR) is 49.8 cm³/mol. The van der Waals surface area contributed by atoms with Gasteiger partial charge < -0.3 is 10.8 Å². The Labute approximate surface area is 81.4 Å². The Morgan fingerprint density at radius 2 is 1.86 bits per heavy atom. The van der Waals surface area contributed by atoms with Crippen LogP contribution in [0.15, 0.2) is 12.1 Å². The topological polar surface area (TPSA) is 46.2 Å². The van der Waals surface area contributed by atoms with Crippen LogP contribution >= 0.6 is 0 Å². The maximum atomic E-state index is 12.9. The Balaban J connectivity index is 3.20. The summed E-state index contributed by atoms with van der Waals surface area (Å²) in [4.78, 5) is 0. The van der Waals surface area contributed by atoms with E-state index in [9.17, 15) is 13.9 Å². The summed E-state index contributed by atoms with van der Waals surface area (Å²) in [7, 11) is 0. The summed E-state index contributed by atoms with van der Waals surface area (Å²) in [6.45, 7) is 3.62. The molecule has 1 aromatic carbocycles. The van der Waals surface area contributed by atoms with E-state index in [1.54, 1.807) is 0 Å². The fraction of sp³-hybridized carbons (Fsp3) is 0.400. The fourth-order valence-corrected chi connectivity index (χ4v) is 1.20. The quantitative estimate of drug-likeness (QED) is 0.771. The lowest BCUT2D eigenvalue weighted by atomic mass is 9.96. The lowest BCUT2D eigenvalue weighted by Gasteiger charge is -2.17. The standard InChI is InChI=1S/C10H13F2NO/c1-5(2)9(13)7-3-6(11)4-8(12)10(7)14/h3-5,9,14H,13H2,1-2H3/t9-/m1/s1. The van der Waals surface area contributed by atoms with Crippen molar-refractivity contribution in [1.29, 1.82) is 0 Å². The van der Waals surface area contributed by atoms with Gasteiger partial charge in [0.25, 0.3) is 0 Å². The Hall–Kier alpha value is -1.16. The van der Waals surface area contributed by atoms with Crippen molar-refractivity contribution in [2.75, 3.05) is 0 Å². The zero-order valence-corrected chi connectivity index (χ0v) is 8.09. The molecule has 3 N–H and O–H groups in total. The Morgan fingerprint density at radius 3 is 2.36 bits per heavy atom. The second-order valence-corrected chi connectivity index (χ2v) is 3.60. The third-order valence-electron chi connectivity index (χ3n) is 2.14. The van der Waals surface area contributed by atoms with Crippen LogP contribution in [0.2, 0.25) is 0 Å². The number of phenols is 1. The molecule has 0 saturated carbocycles. The number of nitrogens with two attached hydrogens (primary N) is 1. The van der Waals surface area contributed by atoms with Gasteiger partial charge >= 0.3 is 0 Å². The minimum atomic E-state index is -0.976. The summed E-state index contributed by atoms with van der Waals surface area (Å²) < 4.78 is 25.7.